The van der Waals surface area contributed by atoms with Crippen molar-refractivity contribution in [1.29, 1.82) is 0 Å². The Hall–Kier alpha value is -2.63. The number of anilines is 2. The van der Waals surface area contributed by atoms with Crippen LogP contribution < -0.4 is 10.6 Å². The fourth-order valence-corrected chi connectivity index (χ4v) is 3.05. The topological polar surface area (TPSA) is 58.2 Å². The Labute approximate surface area is 164 Å². The first-order chi connectivity index (χ1) is 12.5. The zero-order chi connectivity index (χ0) is 18.5. The summed E-state index contributed by atoms with van der Waals surface area (Å²) in [4.78, 5) is 24.7. The predicted molar refractivity (Wildman–Crippen MR) is 108 cm³/mol. The van der Waals surface area contributed by atoms with E-state index in [0.717, 1.165) is 0 Å². The van der Waals surface area contributed by atoms with Crippen LogP contribution in [0.15, 0.2) is 77.3 Å². The quantitative estimate of drug-likeness (QED) is 0.566. The van der Waals surface area contributed by atoms with Gasteiger partial charge in [-0.05, 0) is 58.4 Å². The van der Waals surface area contributed by atoms with Gasteiger partial charge in [-0.1, -0.05) is 41.9 Å². The first kappa shape index (κ1) is 18.2. The van der Waals surface area contributed by atoms with Crippen LogP contribution in [0.25, 0.3) is 0 Å². The Balaban J connectivity index is 1.74. The highest BCUT2D eigenvalue weighted by Gasteiger charge is 2.12. The fraction of sp³-hybridized carbons (Fsp3) is 0. The number of rotatable bonds is 4. The van der Waals surface area contributed by atoms with E-state index < -0.39 is 0 Å². The van der Waals surface area contributed by atoms with Crippen LogP contribution in [0, 0.1) is 0 Å². The minimum absolute atomic E-state index is 0.243. The fourth-order valence-electron chi connectivity index (χ4n) is 2.36. The van der Waals surface area contributed by atoms with E-state index >= 15 is 0 Å². The average Bonchev–Trinajstić information content (AvgIpc) is 2.62. The normalized spacial score (nSPS) is 10.2. The van der Waals surface area contributed by atoms with Crippen LogP contribution >= 0.6 is 27.5 Å². The summed E-state index contributed by atoms with van der Waals surface area (Å²) in [5.41, 5.74) is 2.04. The number of benzene rings is 3. The molecular formula is C20H14BrClN2O2. The molecule has 0 unspecified atom stereocenters. The van der Waals surface area contributed by atoms with E-state index in [2.05, 4.69) is 26.6 Å². The smallest absolute Gasteiger partial charge is 0.257 e. The summed E-state index contributed by atoms with van der Waals surface area (Å²) < 4.78 is 0.709. The van der Waals surface area contributed by atoms with Gasteiger partial charge in [0.15, 0.2) is 0 Å². The van der Waals surface area contributed by atoms with Gasteiger partial charge in [-0.3, -0.25) is 9.59 Å². The van der Waals surface area contributed by atoms with Gasteiger partial charge in [0.1, 0.15) is 0 Å². The van der Waals surface area contributed by atoms with Gasteiger partial charge in [-0.15, -0.1) is 0 Å². The Morgan fingerprint density at radius 2 is 1.27 bits per heavy atom. The van der Waals surface area contributed by atoms with Gasteiger partial charge in [0, 0.05) is 15.8 Å². The number of hydrogen-bond donors (Lipinski definition) is 2. The zero-order valence-corrected chi connectivity index (χ0v) is 15.8. The number of amides is 2. The summed E-state index contributed by atoms with van der Waals surface area (Å²) in [6, 6.07) is 20.9. The molecule has 4 nitrogen and oxygen atoms in total. The summed E-state index contributed by atoms with van der Waals surface area (Å²) >= 11 is 9.41. The lowest BCUT2D eigenvalue weighted by atomic mass is 10.2. The second-order valence-electron chi connectivity index (χ2n) is 5.45. The molecule has 0 saturated heterocycles. The lowest BCUT2D eigenvalue weighted by Crippen LogP contribution is -2.14. The number of hydrogen-bond acceptors (Lipinski definition) is 2. The summed E-state index contributed by atoms with van der Waals surface area (Å²) in [6.45, 7) is 0. The van der Waals surface area contributed by atoms with Crippen molar-refractivity contribution in [2.45, 2.75) is 0 Å². The van der Waals surface area contributed by atoms with Gasteiger partial charge >= 0.3 is 0 Å². The molecular weight excluding hydrogens is 416 g/mol. The predicted octanol–water partition coefficient (Wildman–Crippen LogP) is 5.61. The number of carbonyl (C=O) groups excluding carboxylic acids is 2. The van der Waals surface area contributed by atoms with Crippen LogP contribution in [0.2, 0.25) is 5.02 Å². The molecule has 2 N–H and O–H groups in total. The molecule has 6 heteroatoms. The molecule has 0 aliphatic rings. The standard InChI is InChI=1S/C20H14BrClN2O2/c21-17-10-3-1-8-15(17)19(25)23-13-6-5-7-14(12-13)24-20(26)16-9-2-4-11-18(16)22/h1-12H,(H,23,25)(H,24,26). The third-order valence-corrected chi connectivity index (χ3v) is 4.64. The van der Waals surface area contributed by atoms with E-state index in [4.69, 9.17) is 11.6 Å². The molecule has 0 spiro atoms. The highest BCUT2D eigenvalue weighted by atomic mass is 79.9. The van der Waals surface area contributed by atoms with Crippen molar-refractivity contribution >= 4 is 50.7 Å². The maximum absolute atomic E-state index is 12.4. The SMILES string of the molecule is O=C(Nc1cccc(NC(=O)c2ccccc2Br)c1)c1ccccc1Cl. The van der Waals surface area contributed by atoms with Crippen molar-refractivity contribution in [1.82, 2.24) is 0 Å². The largest absolute Gasteiger partial charge is 0.322 e. The molecule has 0 saturated carbocycles. The Kier molecular flexibility index (Phi) is 5.71. The van der Waals surface area contributed by atoms with E-state index in [1.54, 1.807) is 66.7 Å². The van der Waals surface area contributed by atoms with Crippen LogP contribution in [-0.2, 0) is 0 Å². The number of halogens is 2. The first-order valence-corrected chi connectivity index (χ1v) is 8.93. The monoisotopic (exact) mass is 428 g/mol. The molecule has 3 aromatic carbocycles. The maximum atomic E-state index is 12.4. The van der Waals surface area contributed by atoms with Crippen LogP contribution in [0.4, 0.5) is 11.4 Å². The maximum Gasteiger partial charge on any atom is 0.257 e. The highest BCUT2D eigenvalue weighted by molar-refractivity contribution is 9.10. The van der Waals surface area contributed by atoms with E-state index in [0.29, 0.717) is 32.0 Å². The summed E-state index contributed by atoms with van der Waals surface area (Å²) in [5.74, 6) is -0.558. The molecule has 0 aliphatic heterocycles. The van der Waals surface area contributed by atoms with E-state index in [-0.39, 0.29) is 11.8 Å². The minimum Gasteiger partial charge on any atom is -0.322 e. The van der Waals surface area contributed by atoms with Crippen LogP contribution in [0.3, 0.4) is 0 Å². The van der Waals surface area contributed by atoms with Crippen molar-refractivity contribution in [3.05, 3.63) is 93.4 Å². The third kappa shape index (κ3) is 4.31. The third-order valence-electron chi connectivity index (χ3n) is 3.62. The summed E-state index contributed by atoms with van der Waals surface area (Å²) in [6.07, 6.45) is 0. The van der Waals surface area contributed by atoms with Crippen LogP contribution in [0.1, 0.15) is 20.7 Å². The lowest BCUT2D eigenvalue weighted by Gasteiger charge is -2.10. The van der Waals surface area contributed by atoms with Crippen molar-refractivity contribution in [2.24, 2.45) is 0 Å². The van der Waals surface area contributed by atoms with Gasteiger partial charge in [-0.2, -0.15) is 0 Å². The zero-order valence-electron chi connectivity index (χ0n) is 13.5. The number of carbonyl (C=O) groups is 2. The molecule has 0 fully saturated rings. The first-order valence-electron chi connectivity index (χ1n) is 7.76. The van der Waals surface area contributed by atoms with Crippen molar-refractivity contribution < 1.29 is 9.59 Å². The van der Waals surface area contributed by atoms with Crippen molar-refractivity contribution in [3.63, 3.8) is 0 Å². The van der Waals surface area contributed by atoms with Gasteiger partial charge in [0.2, 0.25) is 0 Å². The summed E-state index contributed by atoms with van der Waals surface area (Å²) in [5, 5.41) is 5.98. The van der Waals surface area contributed by atoms with Gasteiger partial charge in [-0.25, -0.2) is 0 Å². The highest BCUT2D eigenvalue weighted by Crippen LogP contribution is 2.21. The second kappa shape index (κ2) is 8.17. The Bertz CT molecular complexity index is 901. The Morgan fingerprint density at radius 3 is 1.88 bits per heavy atom. The molecule has 130 valence electrons. The van der Waals surface area contributed by atoms with E-state index in [1.807, 2.05) is 6.07 Å². The second-order valence-corrected chi connectivity index (χ2v) is 6.71. The van der Waals surface area contributed by atoms with E-state index in [9.17, 15) is 9.59 Å². The Morgan fingerprint density at radius 1 is 0.731 bits per heavy atom. The lowest BCUT2D eigenvalue weighted by molar-refractivity contribution is 0.101. The van der Waals surface area contributed by atoms with Crippen molar-refractivity contribution in [3.8, 4) is 0 Å². The van der Waals surface area contributed by atoms with E-state index in [1.165, 1.54) is 0 Å². The molecule has 26 heavy (non-hydrogen) atoms. The van der Waals surface area contributed by atoms with Crippen molar-refractivity contribution in [2.75, 3.05) is 10.6 Å². The van der Waals surface area contributed by atoms with Gasteiger partial charge in [0.25, 0.3) is 11.8 Å². The van der Waals surface area contributed by atoms with Gasteiger partial charge < -0.3 is 10.6 Å². The van der Waals surface area contributed by atoms with Crippen LogP contribution in [-0.4, -0.2) is 11.8 Å². The minimum atomic E-state index is -0.315. The van der Waals surface area contributed by atoms with Crippen LogP contribution in [0.5, 0.6) is 0 Å². The molecule has 0 heterocycles. The average molecular weight is 430 g/mol. The van der Waals surface area contributed by atoms with Gasteiger partial charge in [0.05, 0.1) is 16.1 Å². The molecule has 0 atom stereocenters. The molecule has 0 bridgehead atoms. The molecule has 2 amide bonds. The molecule has 3 rings (SSSR count). The summed E-state index contributed by atoms with van der Waals surface area (Å²) in [7, 11) is 0. The molecule has 3 aromatic rings. The molecule has 0 aromatic heterocycles. The number of nitrogens with one attached hydrogen (secondary N) is 2. The molecule has 0 aliphatic carbocycles. The molecule has 0 radical (unpaired) electrons.